The van der Waals surface area contributed by atoms with Gasteiger partial charge >= 0.3 is 0 Å². The highest BCUT2D eigenvalue weighted by Gasteiger charge is 2.31. The van der Waals surface area contributed by atoms with Crippen molar-refractivity contribution < 1.29 is 19.0 Å². The number of hydrogen-bond donors (Lipinski definition) is 2. The molecule has 10 heteroatoms. The molecule has 1 aromatic carbocycles. The quantitative estimate of drug-likeness (QED) is 0.562. The van der Waals surface area contributed by atoms with Crippen molar-refractivity contribution in [2.45, 2.75) is 25.6 Å². The topological polar surface area (TPSA) is 97.6 Å². The van der Waals surface area contributed by atoms with Crippen LogP contribution in [0.25, 0.3) is 17.3 Å². The van der Waals surface area contributed by atoms with Crippen LogP contribution in [-0.4, -0.2) is 57.4 Å². The van der Waals surface area contributed by atoms with Gasteiger partial charge in [-0.3, -0.25) is 9.67 Å². The van der Waals surface area contributed by atoms with Gasteiger partial charge in [-0.05, 0) is 26.0 Å². The van der Waals surface area contributed by atoms with E-state index in [1.54, 1.807) is 37.0 Å². The van der Waals surface area contributed by atoms with Gasteiger partial charge in [0.25, 0.3) is 0 Å². The second kappa shape index (κ2) is 8.70. The maximum absolute atomic E-state index is 15.0. The molecule has 0 fully saturated rings. The van der Waals surface area contributed by atoms with Gasteiger partial charge in [-0.25, -0.2) is 9.37 Å². The van der Waals surface area contributed by atoms with Crippen LogP contribution in [0.15, 0.2) is 36.8 Å². The van der Waals surface area contributed by atoms with Crippen molar-refractivity contribution in [2.75, 3.05) is 31.0 Å². The lowest BCUT2D eigenvalue weighted by Crippen LogP contribution is -2.49. The third-order valence-corrected chi connectivity index (χ3v) is 5.16. The highest BCUT2D eigenvalue weighted by molar-refractivity contribution is 5.71. The Balaban J connectivity index is 1.75. The van der Waals surface area contributed by atoms with Crippen molar-refractivity contribution in [3.63, 3.8) is 0 Å². The summed E-state index contributed by atoms with van der Waals surface area (Å²) in [5.74, 6) is 0.526. The predicted octanol–water partition coefficient (Wildman–Crippen LogP) is 3.08. The second-order valence-corrected chi connectivity index (χ2v) is 8.45. The van der Waals surface area contributed by atoms with Crippen LogP contribution >= 0.6 is 0 Å². The zero-order chi connectivity index (χ0) is 23.8. The highest BCUT2D eigenvalue weighted by atomic mass is 19.1. The van der Waals surface area contributed by atoms with Crippen molar-refractivity contribution in [1.29, 1.82) is 0 Å². The lowest BCUT2D eigenvalue weighted by molar-refractivity contribution is 0.0862. The molecule has 0 radical (unpaired) electrons. The first-order chi connectivity index (χ1) is 15.7. The van der Waals surface area contributed by atoms with Crippen LogP contribution in [0, 0.1) is 5.82 Å². The van der Waals surface area contributed by atoms with E-state index in [4.69, 9.17) is 14.5 Å². The fraction of sp³-hybridized carbons (Fsp3) is 0.348. The molecule has 3 heterocycles. The Morgan fingerprint density at radius 3 is 2.64 bits per heavy atom. The number of rotatable bonds is 7. The summed E-state index contributed by atoms with van der Waals surface area (Å²) < 4.78 is 27.1. The van der Waals surface area contributed by atoms with E-state index in [0.29, 0.717) is 23.0 Å². The summed E-state index contributed by atoms with van der Waals surface area (Å²) in [6.45, 7) is 3.63. The molecule has 0 aliphatic carbocycles. The van der Waals surface area contributed by atoms with Crippen LogP contribution in [0.3, 0.4) is 0 Å². The molecule has 4 rings (SSSR count). The van der Waals surface area contributed by atoms with Crippen LogP contribution in [0.2, 0.25) is 0 Å². The summed E-state index contributed by atoms with van der Waals surface area (Å²) in [6.07, 6.45) is 8.39. The normalized spacial score (nSPS) is 15.4. The van der Waals surface area contributed by atoms with Crippen molar-refractivity contribution in [2.24, 2.45) is 7.05 Å². The average molecular weight is 455 g/mol. The Labute approximate surface area is 191 Å². The summed E-state index contributed by atoms with van der Waals surface area (Å²) in [5.41, 5.74) is 1.25. The fourth-order valence-corrected chi connectivity index (χ4v) is 3.65. The molecule has 1 unspecified atom stereocenters. The molecule has 0 bridgehead atoms. The molecule has 174 valence electrons. The number of benzene rings is 1. The van der Waals surface area contributed by atoms with Gasteiger partial charge in [0.05, 0.1) is 43.6 Å². The molecule has 2 aromatic heterocycles. The van der Waals surface area contributed by atoms with Gasteiger partial charge in [0, 0.05) is 37.5 Å². The summed E-state index contributed by atoms with van der Waals surface area (Å²) in [4.78, 5) is 11.2. The largest absolute Gasteiger partial charge is 0.497 e. The zero-order valence-electron chi connectivity index (χ0n) is 19.2. The van der Waals surface area contributed by atoms with Crippen LogP contribution in [0.5, 0.6) is 11.5 Å². The molecule has 1 aliphatic rings. The molecular weight excluding hydrogens is 427 g/mol. The molecule has 0 saturated heterocycles. The number of β-amino-alcohol motifs (C(OH)–C–C–N with tert-alkyl or cyclic N) is 1. The van der Waals surface area contributed by atoms with E-state index in [0.717, 1.165) is 5.56 Å². The van der Waals surface area contributed by atoms with Gasteiger partial charge in [-0.15, -0.1) is 0 Å². The Kier molecular flexibility index (Phi) is 5.94. The van der Waals surface area contributed by atoms with E-state index >= 15 is 4.39 Å². The van der Waals surface area contributed by atoms with Crippen molar-refractivity contribution in [3.05, 3.63) is 48.3 Å². The minimum Gasteiger partial charge on any atom is -0.497 e. The Morgan fingerprint density at radius 2 is 2.00 bits per heavy atom. The number of ether oxygens (including phenoxy) is 2. The van der Waals surface area contributed by atoms with E-state index in [1.807, 2.05) is 30.3 Å². The van der Waals surface area contributed by atoms with Gasteiger partial charge in [-0.2, -0.15) is 5.10 Å². The standard InChI is InChI=1S/C23H27FN6O3/c1-23(2,31)13-30-20(27-17-8-15(32-4)9-19(33-5)21(17)24)7-6-16-22(30)28-18(11-25-16)14-10-26-29(3)12-14/h6-12,20,27,31H,13H2,1-5H3. The number of nitrogens with one attached hydrogen (secondary N) is 1. The number of hydrogen-bond acceptors (Lipinski definition) is 8. The third kappa shape index (κ3) is 4.75. The molecule has 1 atom stereocenters. The van der Waals surface area contributed by atoms with E-state index in [-0.39, 0.29) is 18.0 Å². The molecule has 0 saturated carbocycles. The predicted molar refractivity (Wildman–Crippen MR) is 124 cm³/mol. The molecule has 0 amide bonds. The van der Waals surface area contributed by atoms with E-state index in [1.165, 1.54) is 20.3 Å². The van der Waals surface area contributed by atoms with Crippen LogP contribution in [-0.2, 0) is 7.05 Å². The first-order valence-electron chi connectivity index (χ1n) is 10.4. The lowest BCUT2D eigenvalue weighted by atomic mass is 10.1. The van der Waals surface area contributed by atoms with Crippen molar-refractivity contribution in [3.8, 4) is 22.8 Å². The molecule has 2 N–H and O–H groups in total. The van der Waals surface area contributed by atoms with E-state index < -0.39 is 17.6 Å². The van der Waals surface area contributed by atoms with Crippen molar-refractivity contribution in [1.82, 2.24) is 19.7 Å². The smallest absolute Gasteiger partial charge is 0.188 e. The number of nitrogens with zero attached hydrogens (tertiary/aromatic N) is 5. The molecule has 1 aliphatic heterocycles. The number of methoxy groups -OCH3 is 2. The summed E-state index contributed by atoms with van der Waals surface area (Å²) in [5, 5.41) is 18.0. The van der Waals surface area contributed by atoms with Crippen LogP contribution in [0.4, 0.5) is 15.9 Å². The summed E-state index contributed by atoms with van der Waals surface area (Å²) >= 11 is 0. The first kappa shape index (κ1) is 22.5. The molecule has 3 aromatic rings. The van der Waals surface area contributed by atoms with Crippen LogP contribution in [0.1, 0.15) is 19.5 Å². The van der Waals surface area contributed by atoms with E-state index in [2.05, 4.69) is 15.4 Å². The zero-order valence-corrected chi connectivity index (χ0v) is 19.2. The summed E-state index contributed by atoms with van der Waals surface area (Å²) in [7, 11) is 4.73. The minimum atomic E-state index is -1.06. The molecular formula is C23H27FN6O3. The molecule has 0 spiro atoms. The molecule has 9 nitrogen and oxygen atoms in total. The van der Waals surface area contributed by atoms with Gasteiger partial charge in [-0.1, -0.05) is 0 Å². The van der Waals surface area contributed by atoms with Gasteiger partial charge < -0.3 is 24.8 Å². The maximum Gasteiger partial charge on any atom is 0.188 e. The highest BCUT2D eigenvalue weighted by Crippen LogP contribution is 2.34. The lowest BCUT2D eigenvalue weighted by Gasteiger charge is -2.38. The van der Waals surface area contributed by atoms with Gasteiger partial charge in [0.15, 0.2) is 17.4 Å². The second-order valence-electron chi connectivity index (χ2n) is 8.45. The van der Waals surface area contributed by atoms with E-state index in [9.17, 15) is 5.11 Å². The summed E-state index contributed by atoms with van der Waals surface area (Å²) in [6, 6.07) is 3.04. The minimum absolute atomic E-state index is 0.0599. The average Bonchev–Trinajstić information content (AvgIpc) is 3.21. The number of halogens is 1. The number of anilines is 2. The van der Waals surface area contributed by atoms with Gasteiger partial charge in [0.2, 0.25) is 0 Å². The monoisotopic (exact) mass is 454 g/mol. The number of aryl methyl sites for hydroxylation is 1. The number of fused-ring (bicyclic) bond motifs is 1. The number of aromatic nitrogens is 4. The Bertz CT molecular complexity index is 1190. The molecule has 33 heavy (non-hydrogen) atoms. The maximum atomic E-state index is 15.0. The SMILES string of the molecule is COc1cc(NC2C=Cc3ncc(-c4cnn(C)c4)nc3N2CC(C)(C)O)c(F)c(OC)c1. The first-order valence-corrected chi connectivity index (χ1v) is 10.4. The Morgan fingerprint density at radius 1 is 1.21 bits per heavy atom. The third-order valence-electron chi connectivity index (χ3n) is 5.16. The van der Waals surface area contributed by atoms with Gasteiger partial charge in [0.1, 0.15) is 17.6 Å². The Hall–Kier alpha value is -3.66. The van der Waals surface area contributed by atoms with Crippen LogP contribution < -0.4 is 19.7 Å². The van der Waals surface area contributed by atoms with Crippen molar-refractivity contribution >= 4 is 17.6 Å². The number of aliphatic hydroxyl groups is 1. The fourth-order valence-electron chi connectivity index (χ4n) is 3.65.